The number of hydrogen-bond donors (Lipinski definition) is 0. The summed E-state index contributed by atoms with van der Waals surface area (Å²) < 4.78 is 0. The molecule has 3 aliphatic rings. The van der Waals surface area contributed by atoms with Gasteiger partial charge in [-0.15, -0.1) is 0 Å². The molecular weight excluding hydrogens is 258 g/mol. The zero-order chi connectivity index (χ0) is 14.2. The molecule has 1 aliphatic carbocycles. The van der Waals surface area contributed by atoms with E-state index in [-0.39, 0.29) is 0 Å². The first kappa shape index (κ1) is 13.6. The minimum Gasteiger partial charge on any atom is -0.369 e. The summed E-state index contributed by atoms with van der Waals surface area (Å²) in [5.41, 5.74) is 4.49. The van der Waals surface area contributed by atoms with Crippen LogP contribution in [0.15, 0.2) is 18.2 Å². The minimum atomic E-state index is 0.890. The Morgan fingerprint density at radius 1 is 0.905 bits per heavy atom. The molecule has 4 rings (SSSR count). The molecule has 0 atom stereocenters. The molecule has 0 spiro atoms. The van der Waals surface area contributed by atoms with Crippen molar-refractivity contribution in [2.45, 2.75) is 44.8 Å². The standard InChI is InChI=1S/C18H27N3/c1-19-13-15-6-7-18(12-16(15)14-19)21-10-8-20(9-11-21)17-4-2-3-5-17/h6-7,12,17H,2-5,8-11,13-14H2,1H3. The predicted molar refractivity (Wildman–Crippen MR) is 87.7 cm³/mol. The second kappa shape index (κ2) is 5.62. The lowest BCUT2D eigenvalue weighted by molar-refractivity contribution is 0.187. The van der Waals surface area contributed by atoms with Crippen molar-refractivity contribution >= 4 is 5.69 Å². The fourth-order valence-electron chi connectivity index (χ4n) is 4.36. The van der Waals surface area contributed by atoms with Gasteiger partial charge in [0.05, 0.1) is 0 Å². The maximum atomic E-state index is 2.74. The van der Waals surface area contributed by atoms with Crippen LogP contribution in [0.3, 0.4) is 0 Å². The van der Waals surface area contributed by atoms with Crippen molar-refractivity contribution in [3.63, 3.8) is 0 Å². The molecule has 1 saturated carbocycles. The lowest BCUT2D eigenvalue weighted by atomic mass is 10.1. The monoisotopic (exact) mass is 285 g/mol. The van der Waals surface area contributed by atoms with Crippen LogP contribution in [0.5, 0.6) is 0 Å². The molecule has 0 unspecified atom stereocenters. The fraction of sp³-hybridized carbons (Fsp3) is 0.667. The van der Waals surface area contributed by atoms with Crippen LogP contribution in [0.25, 0.3) is 0 Å². The summed E-state index contributed by atoms with van der Waals surface area (Å²) in [6.45, 7) is 7.13. The maximum absolute atomic E-state index is 2.74. The number of anilines is 1. The van der Waals surface area contributed by atoms with Crippen molar-refractivity contribution in [2.24, 2.45) is 0 Å². The van der Waals surface area contributed by atoms with E-state index in [0.717, 1.165) is 19.1 Å². The molecule has 2 heterocycles. The van der Waals surface area contributed by atoms with Crippen LogP contribution in [0.1, 0.15) is 36.8 Å². The van der Waals surface area contributed by atoms with E-state index in [1.165, 1.54) is 68.7 Å². The molecular formula is C18H27N3. The molecule has 2 fully saturated rings. The molecule has 114 valence electrons. The number of rotatable bonds is 2. The molecule has 1 aromatic rings. The smallest absolute Gasteiger partial charge is 0.0370 e. The number of benzene rings is 1. The molecule has 1 saturated heterocycles. The van der Waals surface area contributed by atoms with Gasteiger partial charge in [0, 0.05) is 51.0 Å². The van der Waals surface area contributed by atoms with Gasteiger partial charge in [0.15, 0.2) is 0 Å². The zero-order valence-corrected chi connectivity index (χ0v) is 13.2. The molecule has 0 N–H and O–H groups in total. The summed E-state index contributed by atoms with van der Waals surface area (Å²) in [6.07, 6.45) is 5.77. The number of hydrogen-bond acceptors (Lipinski definition) is 3. The van der Waals surface area contributed by atoms with E-state index in [0.29, 0.717) is 0 Å². The zero-order valence-electron chi connectivity index (χ0n) is 13.2. The quantitative estimate of drug-likeness (QED) is 0.827. The van der Waals surface area contributed by atoms with Crippen molar-refractivity contribution in [3.8, 4) is 0 Å². The maximum Gasteiger partial charge on any atom is 0.0370 e. The molecule has 0 aromatic heterocycles. The highest BCUT2D eigenvalue weighted by Gasteiger charge is 2.26. The topological polar surface area (TPSA) is 9.72 Å². The van der Waals surface area contributed by atoms with E-state index in [1.54, 1.807) is 0 Å². The van der Waals surface area contributed by atoms with E-state index >= 15 is 0 Å². The van der Waals surface area contributed by atoms with E-state index in [9.17, 15) is 0 Å². The van der Waals surface area contributed by atoms with Gasteiger partial charge in [-0.3, -0.25) is 9.80 Å². The van der Waals surface area contributed by atoms with E-state index in [4.69, 9.17) is 0 Å². The molecule has 3 nitrogen and oxygen atoms in total. The molecule has 1 aromatic carbocycles. The van der Waals surface area contributed by atoms with Crippen molar-refractivity contribution in [3.05, 3.63) is 29.3 Å². The second-order valence-electron chi connectivity index (χ2n) is 7.09. The lowest BCUT2D eigenvalue weighted by Crippen LogP contribution is -2.49. The van der Waals surface area contributed by atoms with Gasteiger partial charge in [-0.1, -0.05) is 18.9 Å². The third kappa shape index (κ3) is 2.69. The van der Waals surface area contributed by atoms with Crippen LogP contribution in [-0.4, -0.2) is 49.1 Å². The Bertz CT molecular complexity index is 499. The van der Waals surface area contributed by atoms with Crippen molar-refractivity contribution < 1.29 is 0 Å². The van der Waals surface area contributed by atoms with E-state index in [1.807, 2.05) is 0 Å². The minimum absolute atomic E-state index is 0.890. The van der Waals surface area contributed by atoms with Gasteiger partial charge in [0.1, 0.15) is 0 Å². The van der Waals surface area contributed by atoms with E-state index in [2.05, 4.69) is 39.9 Å². The summed E-state index contributed by atoms with van der Waals surface area (Å²) in [4.78, 5) is 7.72. The number of fused-ring (bicyclic) bond motifs is 1. The highest BCUT2D eigenvalue weighted by molar-refractivity contribution is 5.52. The van der Waals surface area contributed by atoms with Crippen LogP contribution < -0.4 is 4.90 Å². The van der Waals surface area contributed by atoms with Crippen molar-refractivity contribution in [1.29, 1.82) is 0 Å². The molecule has 2 aliphatic heterocycles. The average Bonchev–Trinajstić information content (AvgIpc) is 3.15. The summed E-state index contributed by atoms with van der Waals surface area (Å²) in [5.74, 6) is 0. The summed E-state index contributed by atoms with van der Waals surface area (Å²) in [7, 11) is 2.21. The van der Waals surface area contributed by atoms with Crippen LogP contribution >= 0.6 is 0 Å². The molecule has 0 bridgehead atoms. The SMILES string of the molecule is CN1Cc2ccc(N3CCN(C4CCCC4)CC3)cc2C1. The van der Waals surface area contributed by atoms with Crippen LogP contribution in [0, 0.1) is 0 Å². The molecule has 0 amide bonds. The summed E-state index contributed by atoms with van der Waals surface area (Å²) >= 11 is 0. The van der Waals surface area contributed by atoms with E-state index < -0.39 is 0 Å². The molecule has 0 radical (unpaired) electrons. The van der Waals surface area contributed by atoms with Crippen LogP contribution in [0.2, 0.25) is 0 Å². The largest absolute Gasteiger partial charge is 0.369 e. The van der Waals surface area contributed by atoms with Crippen molar-refractivity contribution in [2.75, 3.05) is 38.1 Å². The first-order valence-electron chi connectivity index (χ1n) is 8.59. The van der Waals surface area contributed by atoms with Gasteiger partial charge >= 0.3 is 0 Å². The highest BCUT2D eigenvalue weighted by atomic mass is 15.3. The summed E-state index contributed by atoms with van der Waals surface area (Å²) in [6, 6.07) is 8.01. The number of nitrogens with zero attached hydrogens (tertiary/aromatic N) is 3. The Morgan fingerprint density at radius 2 is 1.62 bits per heavy atom. The Kier molecular flexibility index (Phi) is 3.64. The normalized spacial score (nSPS) is 24.7. The van der Waals surface area contributed by atoms with Crippen LogP contribution in [0.4, 0.5) is 5.69 Å². The summed E-state index contributed by atoms with van der Waals surface area (Å²) in [5, 5.41) is 0. The fourth-order valence-corrected chi connectivity index (χ4v) is 4.36. The van der Waals surface area contributed by atoms with Gasteiger partial charge in [-0.05, 0) is 43.1 Å². The number of piperazine rings is 1. The average molecular weight is 285 g/mol. The Hall–Kier alpha value is -1.06. The molecule has 21 heavy (non-hydrogen) atoms. The Labute approximate surface area is 128 Å². The Morgan fingerprint density at radius 3 is 2.38 bits per heavy atom. The first-order chi connectivity index (χ1) is 10.3. The van der Waals surface area contributed by atoms with Crippen molar-refractivity contribution in [1.82, 2.24) is 9.80 Å². The third-order valence-electron chi connectivity index (χ3n) is 5.59. The lowest BCUT2D eigenvalue weighted by Gasteiger charge is -2.39. The van der Waals surface area contributed by atoms with Crippen LogP contribution in [-0.2, 0) is 13.1 Å². The Balaban J connectivity index is 1.41. The second-order valence-corrected chi connectivity index (χ2v) is 7.09. The molecule has 3 heteroatoms. The third-order valence-corrected chi connectivity index (χ3v) is 5.59. The van der Waals surface area contributed by atoms with Gasteiger partial charge in [-0.2, -0.15) is 0 Å². The predicted octanol–water partition coefficient (Wildman–Crippen LogP) is 2.70. The first-order valence-corrected chi connectivity index (χ1v) is 8.59. The van der Waals surface area contributed by atoms with Gasteiger partial charge in [0.25, 0.3) is 0 Å². The van der Waals surface area contributed by atoms with Gasteiger partial charge < -0.3 is 4.90 Å². The highest BCUT2D eigenvalue weighted by Crippen LogP contribution is 2.28. The van der Waals surface area contributed by atoms with Gasteiger partial charge in [0.2, 0.25) is 0 Å². The van der Waals surface area contributed by atoms with Gasteiger partial charge in [-0.25, -0.2) is 0 Å².